The molecule has 0 amide bonds. The van der Waals surface area contributed by atoms with Gasteiger partial charge in [-0.1, -0.05) is 27.2 Å². The molecule has 1 rings (SSSR count). The van der Waals surface area contributed by atoms with E-state index in [2.05, 4.69) is 31.2 Å². The average molecular weight is 251 g/mol. The molecule has 1 N–H and O–H groups in total. The second-order valence-corrected chi connectivity index (χ2v) is 4.90. The average Bonchev–Trinajstić information content (AvgIpc) is 2.36. The van der Waals surface area contributed by atoms with Gasteiger partial charge in [-0.2, -0.15) is 5.10 Å². The molecule has 0 radical (unpaired) electrons. The Hall–Kier alpha value is -1.16. The maximum atomic E-state index is 12.1. The number of nitrogens with zero attached hydrogens (tertiary/aromatic N) is 2. The number of nitrogens with one attached hydrogen (secondary N) is 1. The standard InChI is InChI=1S/C14H25N3O/c1-5-7-8-15-10-12-9-13(11(3)4)16-17(6-2)14(12)18/h9,11,15H,5-8,10H2,1-4H3. The predicted octanol–water partition coefficient (Wildman–Crippen LogP) is 2.28. The molecular formula is C14H25N3O. The highest BCUT2D eigenvalue weighted by atomic mass is 16.1. The molecule has 0 saturated carbocycles. The lowest BCUT2D eigenvalue weighted by Crippen LogP contribution is -2.30. The van der Waals surface area contributed by atoms with Crippen LogP contribution in [-0.2, 0) is 13.1 Å². The number of aromatic nitrogens is 2. The van der Waals surface area contributed by atoms with Crippen LogP contribution in [-0.4, -0.2) is 16.3 Å². The molecule has 1 aromatic heterocycles. The van der Waals surface area contributed by atoms with Crippen LogP contribution in [0, 0.1) is 0 Å². The van der Waals surface area contributed by atoms with Crippen molar-refractivity contribution in [1.82, 2.24) is 15.1 Å². The summed E-state index contributed by atoms with van der Waals surface area (Å²) in [6.07, 6.45) is 2.31. The summed E-state index contributed by atoms with van der Waals surface area (Å²) in [6.45, 7) is 10.5. The maximum Gasteiger partial charge on any atom is 0.271 e. The van der Waals surface area contributed by atoms with E-state index < -0.39 is 0 Å². The highest BCUT2D eigenvalue weighted by molar-refractivity contribution is 5.16. The molecule has 0 bridgehead atoms. The van der Waals surface area contributed by atoms with Crippen LogP contribution >= 0.6 is 0 Å². The van der Waals surface area contributed by atoms with Gasteiger partial charge in [0.05, 0.1) is 5.69 Å². The van der Waals surface area contributed by atoms with Crippen LogP contribution in [0.25, 0.3) is 0 Å². The van der Waals surface area contributed by atoms with E-state index in [1.807, 2.05) is 13.0 Å². The van der Waals surface area contributed by atoms with Crippen molar-refractivity contribution < 1.29 is 0 Å². The molecule has 0 unspecified atom stereocenters. The van der Waals surface area contributed by atoms with Crippen LogP contribution in [0.2, 0.25) is 0 Å². The van der Waals surface area contributed by atoms with E-state index in [1.54, 1.807) is 4.68 Å². The molecule has 0 saturated heterocycles. The SMILES string of the molecule is CCCCNCc1cc(C(C)C)nn(CC)c1=O. The zero-order valence-electron chi connectivity index (χ0n) is 12.0. The van der Waals surface area contributed by atoms with Gasteiger partial charge in [-0.25, -0.2) is 4.68 Å². The van der Waals surface area contributed by atoms with Gasteiger partial charge in [0.15, 0.2) is 0 Å². The minimum Gasteiger partial charge on any atom is -0.312 e. The second-order valence-electron chi connectivity index (χ2n) is 4.90. The minimum absolute atomic E-state index is 0.0332. The van der Waals surface area contributed by atoms with Gasteiger partial charge in [-0.15, -0.1) is 0 Å². The fraction of sp³-hybridized carbons (Fsp3) is 0.714. The largest absolute Gasteiger partial charge is 0.312 e. The quantitative estimate of drug-likeness (QED) is 0.756. The van der Waals surface area contributed by atoms with Crippen molar-refractivity contribution >= 4 is 0 Å². The van der Waals surface area contributed by atoms with Gasteiger partial charge in [0.2, 0.25) is 0 Å². The van der Waals surface area contributed by atoms with Gasteiger partial charge in [0.25, 0.3) is 5.56 Å². The molecule has 0 spiro atoms. The lowest BCUT2D eigenvalue weighted by Gasteiger charge is -2.11. The Labute approximate surface area is 109 Å². The number of hydrogen-bond acceptors (Lipinski definition) is 3. The Bertz CT molecular complexity index is 424. The summed E-state index contributed by atoms with van der Waals surface area (Å²) in [5.41, 5.74) is 1.85. The van der Waals surface area contributed by atoms with Gasteiger partial charge >= 0.3 is 0 Å². The van der Waals surface area contributed by atoms with Crippen LogP contribution in [0.1, 0.15) is 57.7 Å². The first kappa shape index (κ1) is 14.9. The molecule has 0 aromatic carbocycles. The lowest BCUT2D eigenvalue weighted by atomic mass is 10.1. The molecule has 18 heavy (non-hydrogen) atoms. The third-order valence-electron chi connectivity index (χ3n) is 2.98. The molecule has 0 aliphatic carbocycles. The number of aryl methyl sites for hydroxylation is 1. The molecule has 4 nitrogen and oxygen atoms in total. The molecule has 1 heterocycles. The summed E-state index contributed by atoms with van der Waals surface area (Å²) in [7, 11) is 0. The third kappa shape index (κ3) is 3.95. The molecule has 0 atom stereocenters. The zero-order valence-corrected chi connectivity index (χ0v) is 12.0. The van der Waals surface area contributed by atoms with Gasteiger partial charge < -0.3 is 5.32 Å². The Kier molecular flexibility index (Phi) is 6.05. The molecule has 0 fully saturated rings. The highest BCUT2D eigenvalue weighted by Crippen LogP contribution is 2.10. The smallest absolute Gasteiger partial charge is 0.271 e. The Morgan fingerprint density at radius 3 is 2.67 bits per heavy atom. The monoisotopic (exact) mass is 251 g/mol. The van der Waals surface area contributed by atoms with Gasteiger partial charge in [-0.3, -0.25) is 4.79 Å². The maximum absolute atomic E-state index is 12.1. The van der Waals surface area contributed by atoms with E-state index in [-0.39, 0.29) is 5.56 Å². The highest BCUT2D eigenvalue weighted by Gasteiger charge is 2.09. The normalized spacial score (nSPS) is 11.2. The van der Waals surface area contributed by atoms with Crippen LogP contribution in [0.15, 0.2) is 10.9 Å². The van der Waals surface area contributed by atoms with Crippen LogP contribution < -0.4 is 10.9 Å². The molecule has 102 valence electrons. The number of hydrogen-bond donors (Lipinski definition) is 1. The molecular weight excluding hydrogens is 226 g/mol. The second kappa shape index (κ2) is 7.31. The molecule has 1 aromatic rings. The van der Waals surface area contributed by atoms with Crippen LogP contribution in [0.4, 0.5) is 0 Å². The first-order valence-corrected chi connectivity index (χ1v) is 6.91. The van der Waals surface area contributed by atoms with E-state index in [0.29, 0.717) is 19.0 Å². The molecule has 0 aliphatic rings. The van der Waals surface area contributed by atoms with Gasteiger partial charge in [0.1, 0.15) is 0 Å². The van der Waals surface area contributed by atoms with E-state index in [0.717, 1.165) is 24.2 Å². The van der Waals surface area contributed by atoms with Crippen LogP contribution in [0.3, 0.4) is 0 Å². The van der Waals surface area contributed by atoms with Crippen molar-refractivity contribution in [3.8, 4) is 0 Å². The third-order valence-corrected chi connectivity index (χ3v) is 2.98. The van der Waals surface area contributed by atoms with Crippen molar-refractivity contribution in [2.75, 3.05) is 6.54 Å². The van der Waals surface area contributed by atoms with Crippen molar-refractivity contribution in [3.05, 3.63) is 27.7 Å². The van der Waals surface area contributed by atoms with Crippen LogP contribution in [0.5, 0.6) is 0 Å². The van der Waals surface area contributed by atoms with E-state index in [9.17, 15) is 4.79 Å². The summed E-state index contributed by atoms with van der Waals surface area (Å²) >= 11 is 0. The van der Waals surface area contributed by atoms with E-state index in [1.165, 1.54) is 6.42 Å². The Morgan fingerprint density at radius 2 is 2.11 bits per heavy atom. The molecule has 0 aliphatic heterocycles. The Balaban J connectivity index is 2.88. The van der Waals surface area contributed by atoms with E-state index in [4.69, 9.17) is 0 Å². The minimum atomic E-state index is 0.0332. The van der Waals surface area contributed by atoms with Crippen molar-refractivity contribution in [1.29, 1.82) is 0 Å². The zero-order chi connectivity index (χ0) is 13.5. The number of rotatable bonds is 7. The van der Waals surface area contributed by atoms with Crippen molar-refractivity contribution in [3.63, 3.8) is 0 Å². The van der Waals surface area contributed by atoms with E-state index >= 15 is 0 Å². The fourth-order valence-corrected chi connectivity index (χ4v) is 1.77. The summed E-state index contributed by atoms with van der Waals surface area (Å²) < 4.78 is 1.56. The van der Waals surface area contributed by atoms with Crippen molar-refractivity contribution in [2.24, 2.45) is 0 Å². The summed E-state index contributed by atoms with van der Waals surface area (Å²) in [5.74, 6) is 0.345. The first-order chi connectivity index (χ1) is 8.60. The Morgan fingerprint density at radius 1 is 1.39 bits per heavy atom. The predicted molar refractivity (Wildman–Crippen MR) is 74.9 cm³/mol. The van der Waals surface area contributed by atoms with Gasteiger partial charge in [0, 0.05) is 18.7 Å². The fourth-order valence-electron chi connectivity index (χ4n) is 1.77. The topological polar surface area (TPSA) is 46.9 Å². The lowest BCUT2D eigenvalue weighted by molar-refractivity contribution is 0.565. The van der Waals surface area contributed by atoms with Crippen molar-refractivity contribution in [2.45, 2.75) is 59.5 Å². The first-order valence-electron chi connectivity index (χ1n) is 6.91. The summed E-state index contributed by atoms with van der Waals surface area (Å²) in [6, 6.07) is 1.94. The van der Waals surface area contributed by atoms with Gasteiger partial charge in [-0.05, 0) is 31.9 Å². The number of unbranched alkanes of at least 4 members (excludes halogenated alkanes) is 1. The molecule has 4 heteroatoms. The summed E-state index contributed by atoms with van der Waals surface area (Å²) in [4.78, 5) is 12.1. The summed E-state index contributed by atoms with van der Waals surface area (Å²) in [5, 5.41) is 7.69.